The van der Waals surface area contributed by atoms with Crippen LogP contribution < -0.4 is 15.2 Å². The van der Waals surface area contributed by atoms with Crippen LogP contribution in [0.1, 0.15) is 0 Å². The Balaban J connectivity index is 2.78. The van der Waals surface area contributed by atoms with Crippen molar-refractivity contribution in [2.24, 2.45) is 0 Å². The number of nitrogens with zero attached hydrogens (tertiary/aromatic N) is 1. The van der Waals surface area contributed by atoms with Crippen molar-refractivity contribution in [3.8, 4) is 11.5 Å². The van der Waals surface area contributed by atoms with E-state index in [9.17, 15) is 0 Å². The number of pyridine rings is 1. The largest absolute Gasteiger partial charge is 0.496 e. The number of ether oxygens (including phenoxy) is 2. The van der Waals surface area contributed by atoms with Crippen LogP contribution in [0.15, 0.2) is 24.4 Å². The van der Waals surface area contributed by atoms with Crippen LogP contribution in [0.3, 0.4) is 0 Å². The molecule has 0 amide bonds. The molecular formula is C11H12N2O2. The summed E-state index contributed by atoms with van der Waals surface area (Å²) in [6, 6.07) is 5.49. The van der Waals surface area contributed by atoms with E-state index in [1.165, 1.54) is 0 Å². The highest BCUT2D eigenvalue weighted by Gasteiger charge is 2.08. The van der Waals surface area contributed by atoms with Gasteiger partial charge >= 0.3 is 0 Å². The number of anilines is 1. The summed E-state index contributed by atoms with van der Waals surface area (Å²) in [7, 11) is 3.20. The number of aromatic nitrogens is 1. The van der Waals surface area contributed by atoms with E-state index in [4.69, 9.17) is 15.2 Å². The summed E-state index contributed by atoms with van der Waals surface area (Å²) in [5, 5.41) is 0.887. The molecule has 0 atom stereocenters. The molecule has 0 saturated heterocycles. The molecule has 78 valence electrons. The molecule has 0 aliphatic carbocycles. The first-order valence-electron chi connectivity index (χ1n) is 4.53. The van der Waals surface area contributed by atoms with Crippen LogP contribution >= 0.6 is 0 Å². The number of nitrogens with two attached hydrogens (primary N) is 1. The molecule has 0 radical (unpaired) electrons. The predicted octanol–water partition coefficient (Wildman–Crippen LogP) is 1.83. The maximum atomic E-state index is 5.91. The molecule has 0 spiro atoms. The summed E-state index contributed by atoms with van der Waals surface area (Å²) >= 11 is 0. The van der Waals surface area contributed by atoms with Gasteiger partial charge in [-0.2, -0.15) is 0 Å². The molecule has 0 aliphatic rings. The van der Waals surface area contributed by atoms with E-state index in [2.05, 4.69) is 4.98 Å². The fourth-order valence-electron chi connectivity index (χ4n) is 1.55. The van der Waals surface area contributed by atoms with Crippen molar-refractivity contribution in [1.82, 2.24) is 4.98 Å². The van der Waals surface area contributed by atoms with E-state index in [0.717, 1.165) is 11.1 Å². The van der Waals surface area contributed by atoms with Crippen LogP contribution in [0, 0.1) is 0 Å². The summed E-state index contributed by atoms with van der Waals surface area (Å²) in [6.45, 7) is 0. The van der Waals surface area contributed by atoms with Crippen molar-refractivity contribution < 1.29 is 9.47 Å². The van der Waals surface area contributed by atoms with Crippen molar-refractivity contribution in [2.75, 3.05) is 20.0 Å². The van der Waals surface area contributed by atoms with Crippen LogP contribution in [0.5, 0.6) is 11.5 Å². The fourth-order valence-corrected chi connectivity index (χ4v) is 1.55. The highest BCUT2D eigenvalue weighted by atomic mass is 16.5. The highest BCUT2D eigenvalue weighted by Crippen LogP contribution is 2.33. The maximum absolute atomic E-state index is 5.91. The smallest absolute Gasteiger partial charge is 0.144 e. The zero-order valence-electron chi connectivity index (χ0n) is 8.65. The first-order valence-corrected chi connectivity index (χ1v) is 4.53. The van der Waals surface area contributed by atoms with Gasteiger partial charge in [-0.3, -0.25) is 4.98 Å². The second-order valence-electron chi connectivity index (χ2n) is 3.09. The summed E-state index contributed by atoms with van der Waals surface area (Å²) in [4.78, 5) is 4.21. The Hall–Kier alpha value is -1.97. The molecule has 2 N–H and O–H groups in total. The zero-order chi connectivity index (χ0) is 10.8. The number of methoxy groups -OCH3 is 2. The normalized spacial score (nSPS) is 10.3. The zero-order valence-corrected chi connectivity index (χ0v) is 8.65. The lowest BCUT2D eigenvalue weighted by Crippen LogP contribution is -1.96. The Morgan fingerprint density at radius 2 is 1.80 bits per heavy atom. The van der Waals surface area contributed by atoms with Gasteiger partial charge in [0.1, 0.15) is 22.7 Å². The molecule has 0 bridgehead atoms. The molecule has 0 saturated carbocycles. The van der Waals surface area contributed by atoms with Crippen molar-refractivity contribution in [1.29, 1.82) is 0 Å². The predicted molar refractivity (Wildman–Crippen MR) is 59.3 cm³/mol. The number of benzene rings is 1. The van der Waals surface area contributed by atoms with Crippen molar-refractivity contribution in [2.45, 2.75) is 0 Å². The van der Waals surface area contributed by atoms with Crippen LogP contribution in [0.2, 0.25) is 0 Å². The maximum Gasteiger partial charge on any atom is 0.144 e. The molecule has 2 rings (SSSR count). The lowest BCUT2D eigenvalue weighted by molar-refractivity contribution is 0.416. The Labute approximate surface area is 87.6 Å². The second-order valence-corrected chi connectivity index (χ2v) is 3.09. The Morgan fingerprint density at radius 1 is 1.07 bits per heavy atom. The van der Waals surface area contributed by atoms with Crippen molar-refractivity contribution >= 4 is 16.6 Å². The topological polar surface area (TPSA) is 57.4 Å². The lowest BCUT2D eigenvalue weighted by Gasteiger charge is -2.09. The molecule has 0 aliphatic heterocycles. The van der Waals surface area contributed by atoms with Crippen LogP contribution in [-0.2, 0) is 0 Å². The fraction of sp³-hybridized carbons (Fsp3) is 0.182. The van der Waals surface area contributed by atoms with E-state index >= 15 is 0 Å². The second kappa shape index (κ2) is 3.65. The molecule has 1 aromatic carbocycles. The van der Waals surface area contributed by atoms with Gasteiger partial charge in [0, 0.05) is 11.6 Å². The molecule has 15 heavy (non-hydrogen) atoms. The number of hydrogen-bond acceptors (Lipinski definition) is 4. The molecule has 2 aromatic rings. The van der Waals surface area contributed by atoms with Crippen molar-refractivity contribution in [3.05, 3.63) is 24.4 Å². The number of nitrogen functional groups attached to an aromatic ring is 1. The standard InChI is InChI=1S/C11H12N2O2/c1-14-8-5-6-13-11-7(8)3-4-9(15-2)10(11)12/h3-6H,12H2,1-2H3. The third kappa shape index (κ3) is 1.44. The van der Waals surface area contributed by atoms with E-state index in [1.54, 1.807) is 26.5 Å². The molecule has 4 heteroatoms. The number of hydrogen-bond donors (Lipinski definition) is 1. The molecule has 1 aromatic heterocycles. The van der Waals surface area contributed by atoms with Crippen LogP contribution in [0.4, 0.5) is 5.69 Å². The van der Waals surface area contributed by atoms with Gasteiger partial charge in [-0.15, -0.1) is 0 Å². The van der Waals surface area contributed by atoms with Gasteiger partial charge in [0.15, 0.2) is 0 Å². The third-order valence-corrected chi connectivity index (χ3v) is 2.31. The molecule has 4 nitrogen and oxygen atoms in total. The summed E-state index contributed by atoms with van der Waals surface area (Å²) in [6.07, 6.45) is 1.66. The van der Waals surface area contributed by atoms with E-state index in [0.29, 0.717) is 17.0 Å². The van der Waals surface area contributed by atoms with Gasteiger partial charge in [-0.25, -0.2) is 0 Å². The molecular weight excluding hydrogens is 192 g/mol. The minimum absolute atomic E-state index is 0.536. The SMILES string of the molecule is COc1ccc2c(OC)ccnc2c1N. The summed E-state index contributed by atoms with van der Waals surface area (Å²) < 4.78 is 10.3. The van der Waals surface area contributed by atoms with Crippen molar-refractivity contribution in [3.63, 3.8) is 0 Å². The monoisotopic (exact) mass is 204 g/mol. The van der Waals surface area contributed by atoms with E-state index in [1.807, 2.05) is 12.1 Å². The minimum atomic E-state index is 0.536. The van der Waals surface area contributed by atoms with Gasteiger partial charge in [0.25, 0.3) is 0 Å². The Kier molecular flexibility index (Phi) is 2.33. The van der Waals surface area contributed by atoms with Gasteiger partial charge in [0.2, 0.25) is 0 Å². The summed E-state index contributed by atoms with van der Waals surface area (Å²) in [5.74, 6) is 1.39. The third-order valence-electron chi connectivity index (χ3n) is 2.31. The quantitative estimate of drug-likeness (QED) is 0.758. The first-order chi connectivity index (χ1) is 7.27. The average molecular weight is 204 g/mol. The molecule has 0 unspecified atom stereocenters. The molecule has 1 heterocycles. The van der Waals surface area contributed by atoms with Gasteiger partial charge < -0.3 is 15.2 Å². The van der Waals surface area contributed by atoms with Gasteiger partial charge in [-0.05, 0) is 18.2 Å². The first kappa shape index (κ1) is 9.58. The average Bonchev–Trinajstić information content (AvgIpc) is 2.29. The molecule has 0 fully saturated rings. The Morgan fingerprint density at radius 3 is 2.47 bits per heavy atom. The van der Waals surface area contributed by atoms with E-state index < -0.39 is 0 Å². The van der Waals surface area contributed by atoms with Gasteiger partial charge in [0.05, 0.1) is 14.2 Å². The number of fused-ring (bicyclic) bond motifs is 1. The Bertz CT molecular complexity index is 497. The minimum Gasteiger partial charge on any atom is -0.496 e. The van der Waals surface area contributed by atoms with Crippen LogP contribution in [-0.4, -0.2) is 19.2 Å². The number of rotatable bonds is 2. The van der Waals surface area contributed by atoms with Gasteiger partial charge in [-0.1, -0.05) is 0 Å². The summed E-state index contributed by atoms with van der Waals surface area (Å²) in [5.41, 5.74) is 7.15. The van der Waals surface area contributed by atoms with E-state index in [-0.39, 0.29) is 0 Å². The highest BCUT2D eigenvalue weighted by molar-refractivity contribution is 5.96. The van der Waals surface area contributed by atoms with Crippen LogP contribution in [0.25, 0.3) is 10.9 Å². The lowest BCUT2D eigenvalue weighted by atomic mass is 10.1.